The second kappa shape index (κ2) is 12.9. The van der Waals surface area contributed by atoms with E-state index < -0.39 is 20.0 Å². The van der Waals surface area contributed by atoms with E-state index in [1.54, 1.807) is 37.7 Å². The molecule has 2 aromatic carbocycles. The average molecular weight is 492 g/mol. The van der Waals surface area contributed by atoms with Gasteiger partial charge in [-0.1, -0.05) is 47.7 Å². The van der Waals surface area contributed by atoms with Gasteiger partial charge in [0.05, 0.1) is 20.2 Å². The minimum Gasteiger partial charge on any atom is -0.497 e. The van der Waals surface area contributed by atoms with E-state index in [1.165, 1.54) is 19.2 Å². The third-order valence-corrected chi connectivity index (χ3v) is 7.56. The van der Waals surface area contributed by atoms with Crippen molar-refractivity contribution in [2.75, 3.05) is 40.8 Å². The zero-order valence-corrected chi connectivity index (χ0v) is 21.3. The molecule has 0 fully saturated rings. The van der Waals surface area contributed by atoms with Gasteiger partial charge in [0.2, 0.25) is 5.91 Å². The van der Waals surface area contributed by atoms with Crippen molar-refractivity contribution in [1.29, 1.82) is 0 Å². The van der Waals surface area contributed by atoms with E-state index in [9.17, 15) is 18.4 Å². The number of sulfonamides is 1. The summed E-state index contributed by atoms with van der Waals surface area (Å²) < 4.78 is 31.2. The first-order valence-electron chi connectivity index (χ1n) is 11.4. The molecular weight excluding hydrogens is 454 g/mol. The van der Waals surface area contributed by atoms with Crippen LogP contribution in [0.1, 0.15) is 25.3 Å². The third kappa shape index (κ3) is 7.80. The van der Waals surface area contributed by atoms with Gasteiger partial charge in [-0.05, 0) is 50.3 Å². The zero-order valence-electron chi connectivity index (χ0n) is 20.5. The first-order chi connectivity index (χ1) is 16.1. The van der Waals surface area contributed by atoms with E-state index >= 15 is 0 Å². The van der Waals surface area contributed by atoms with Crippen LogP contribution in [-0.2, 0) is 21.2 Å². The van der Waals surface area contributed by atoms with E-state index in [0.29, 0.717) is 18.6 Å². The summed E-state index contributed by atoms with van der Waals surface area (Å²) in [7, 11) is 0.949. The average Bonchev–Trinajstić information content (AvgIpc) is 2.81. The van der Waals surface area contributed by atoms with Gasteiger partial charge in [0.25, 0.3) is 0 Å². The molecule has 0 aliphatic heterocycles. The van der Waals surface area contributed by atoms with Crippen LogP contribution in [0.15, 0.2) is 59.5 Å². The molecule has 0 aromatic heterocycles. The van der Waals surface area contributed by atoms with Crippen LogP contribution in [0, 0.1) is 12.5 Å². The maximum absolute atomic E-state index is 13.6. The Morgan fingerprint density at radius 2 is 1.79 bits per heavy atom. The number of nitrogens with zero attached hydrogens (tertiary/aromatic N) is 2. The van der Waals surface area contributed by atoms with Gasteiger partial charge in [-0.15, -0.1) is 0 Å². The molecule has 1 unspecified atom stereocenters. The van der Waals surface area contributed by atoms with Crippen LogP contribution < -0.4 is 10.1 Å². The lowest BCUT2D eigenvalue weighted by Crippen LogP contribution is -2.54. The van der Waals surface area contributed by atoms with Gasteiger partial charge >= 0.3 is 10.0 Å². The summed E-state index contributed by atoms with van der Waals surface area (Å²) >= 11 is 0. The number of methoxy groups -OCH3 is 1. The smallest absolute Gasteiger partial charge is 0.357 e. The summed E-state index contributed by atoms with van der Waals surface area (Å²) in [5.74, 6) is -0.100. The van der Waals surface area contributed by atoms with Crippen molar-refractivity contribution in [3.63, 3.8) is 0 Å². The molecule has 0 aliphatic carbocycles. The largest absolute Gasteiger partial charge is 0.497 e. The molecule has 2 rings (SSSR count). The molecule has 187 valence electrons. The third-order valence-electron chi connectivity index (χ3n) is 5.47. The fourth-order valence-electron chi connectivity index (χ4n) is 3.66. The Hall–Kier alpha value is -2.46. The molecular formula is C25H37N3O5S+. The van der Waals surface area contributed by atoms with E-state index in [4.69, 9.17) is 4.74 Å². The monoisotopic (exact) mass is 491 g/mol. The Morgan fingerprint density at radius 3 is 2.35 bits per heavy atom. The second-order valence-corrected chi connectivity index (χ2v) is 10.8. The fourth-order valence-corrected chi connectivity index (χ4v) is 5.29. The second-order valence-electron chi connectivity index (χ2n) is 8.68. The summed E-state index contributed by atoms with van der Waals surface area (Å²) in [5, 5.41) is 14.4. The lowest BCUT2D eigenvalue weighted by Gasteiger charge is -2.32. The van der Waals surface area contributed by atoms with Crippen LogP contribution in [0.5, 0.6) is 5.75 Å². The van der Waals surface area contributed by atoms with Gasteiger partial charge in [0.15, 0.2) is 0 Å². The first kappa shape index (κ1) is 27.8. The lowest BCUT2D eigenvalue weighted by atomic mass is 9.99. The van der Waals surface area contributed by atoms with Crippen molar-refractivity contribution in [3.8, 4) is 5.75 Å². The Kier molecular flexibility index (Phi) is 10.5. The number of benzene rings is 2. The molecule has 8 nitrogen and oxygen atoms in total. The van der Waals surface area contributed by atoms with Crippen molar-refractivity contribution in [3.05, 3.63) is 66.7 Å². The Morgan fingerprint density at radius 1 is 1.15 bits per heavy atom. The lowest BCUT2D eigenvalue weighted by molar-refractivity contribution is -1.00. The maximum atomic E-state index is 13.6. The van der Waals surface area contributed by atoms with Gasteiger partial charge in [-0.3, -0.25) is 4.79 Å². The molecule has 34 heavy (non-hydrogen) atoms. The molecule has 2 N–H and O–H groups in total. The van der Waals surface area contributed by atoms with Crippen LogP contribution in [0.4, 0.5) is 0 Å². The highest BCUT2D eigenvalue weighted by atomic mass is 32.2. The highest BCUT2D eigenvalue weighted by Gasteiger charge is 2.44. The van der Waals surface area contributed by atoms with Crippen LogP contribution in [0.25, 0.3) is 0 Å². The number of carbonyl (C=O) groups is 1. The molecule has 0 bridgehead atoms. The summed E-state index contributed by atoms with van der Waals surface area (Å²) in [6, 6.07) is 15.6. The van der Waals surface area contributed by atoms with Crippen LogP contribution >= 0.6 is 0 Å². The number of hydroxylamine groups is 2. The standard InChI is InChI=1S/C25H37N3O5S/c1-5-6-16-28(30,34(31,32)24-14-12-23(33-4)13-15-24)20-22(17-21-10-8-7-9-11-21)18-26-25(29)19-27(2)3/h7-15,18,22,30H,5-6,16-17,19-20H2,1-4H3,(H,26,29)/q+1/t22-,28?/m1/s1. The number of quaternary nitrogens is 1. The number of amides is 1. The molecule has 0 spiro atoms. The van der Waals surface area contributed by atoms with Crippen LogP contribution in [-0.4, -0.2) is 69.3 Å². The fraction of sp³-hybridized carbons (Fsp3) is 0.440. The molecule has 0 saturated carbocycles. The number of unbranched alkanes of at least 4 members (excludes halogenated alkanes) is 1. The number of carbonyl (C=O) groups excluding carboxylic acids is 1. The predicted octanol–water partition coefficient (Wildman–Crippen LogP) is 3.09. The minimum atomic E-state index is -4.15. The van der Waals surface area contributed by atoms with Crippen molar-refractivity contribution >= 4 is 15.9 Å². The van der Waals surface area contributed by atoms with Crippen molar-refractivity contribution in [2.24, 2.45) is 5.92 Å². The molecule has 2 atom stereocenters. The van der Waals surface area contributed by atoms with E-state index in [0.717, 1.165) is 12.0 Å². The number of rotatable bonds is 14. The van der Waals surface area contributed by atoms with E-state index in [2.05, 4.69) is 5.32 Å². The topological polar surface area (TPSA) is 95.9 Å². The molecule has 0 aliphatic rings. The molecule has 0 heterocycles. The zero-order chi connectivity index (χ0) is 25.2. The molecule has 2 aromatic rings. The Balaban J connectivity index is 2.35. The minimum absolute atomic E-state index is 0.0157. The normalized spacial score (nSPS) is 14.4. The summed E-state index contributed by atoms with van der Waals surface area (Å²) in [4.78, 5) is 14.0. The maximum Gasteiger partial charge on any atom is 0.357 e. The molecule has 1 amide bonds. The molecule has 1 radical (unpaired) electrons. The number of ether oxygens (including phenoxy) is 1. The predicted molar refractivity (Wildman–Crippen MR) is 132 cm³/mol. The van der Waals surface area contributed by atoms with Gasteiger partial charge in [0, 0.05) is 12.3 Å². The van der Waals surface area contributed by atoms with E-state index in [1.807, 2.05) is 37.3 Å². The van der Waals surface area contributed by atoms with E-state index in [-0.39, 0.29) is 30.4 Å². The molecule has 0 saturated heterocycles. The number of nitrogens with one attached hydrogen (secondary N) is 1. The quantitative estimate of drug-likeness (QED) is 0.311. The van der Waals surface area contributed by atoms with Gasteiger partial charge < -0.3 is 15.0 Å². The summed E-state index contributed by atoms with van der Waals surface area (Å²) in [6.07, 6.45) is 1.72. The highest BCUT2D eigenvalue weighted by Crippen LogP contribution is 2.28. The summed E-state index contributed by atoms with van der Waals surface area (Å²) in [6.45, 7) is 3.69. The SMILES string of the molecule is CCCC[N+](O)(C[C@@H]([CH]NC(=O)CN(C)C)Cc1ccccc1)S(=O)(=O)c1ccc(OC)cc1. The van der Waals surface area contributed by atoms with Crippen molar-refractivity contribution in [1.82, 2.24) is 10.2 Å². The number of hydrogen-bond donors (Lipinski definition) is 2. The number of likely N-dealkylation sites (N-methyl/N-ethyl adjacent to an activating group) is 1. The van der Waals surface area contributed by atoms with Crippen molar-refractivity contribution < 1.29 is 27.2 Å². The van der Waals surface area contributed by atoms with Crippen LogP contribution in [0.3, 0.4) is 0 Å². The first-order valence-corrected chi connectivity index (χ1v) is 12.9. The van der Waals surface area contributed by atoms with Gasteiger partial charge in [0.1, 0.15) is 23.7 Å². The highest BCUT2D eigenvalue weighted by molar-refractivity contribution is 7.85. The Bertz CT molecular complexity index is 997. The molecule has 9 heteroatoms. The van der Waals surface area contributed by atoms with Gasteiger partial charge in [-0.2, -0.15) is 8.42 Å². The van der Waals surface area contributed by atoms with Crippen molar-refractivity contribution in [2.45, 2.75) is 31.1 Å². The number of hydrogen-bond acceptors (Lipinski definition) is 6. The van der Waals surface area contributed by atoms with Crippen LogP contribution in [0.2, 0.25) is 0 Å². The Labute approximate surface area is 203 Å². The van der Waals surface area contributed by atoms with Gasteiger partial charge in [-0.25, -0.2) is 5.21 Å². The summed E-state index contributed by atoms with van der Waals surface area (Å²) in [5.41, 5.74) is 0.981.